The van der Waals surface area contributed by atoms with Crippen molar-refractivity contribution in [3.8, 4) is 23.3 Å². The number of nitriles is 1. The van der Waals surface area contributed by atoms with E-state index in [4.69, 9.17) is 19.5 Å². The lowest BCUT2D eigenvalue weighted by molar-refractivity contribution is 0.262. The highest BCUT2D eigenvalue weighted by atomic mass is 19.1. The normalized spacial score (nSPS) is 9.81. The van der Waals surface area contributed by atoms with Gasteiger partial charge in [0.15, 0.2) is 11.5 Å². The van der Waals surface area contributed by atoms with Gasteiger partial charge in [0.1, 0.15) is 12.4 Å². The molecule has 0 N–H and O–H groups in total. The van der Waals surface area contributed by atoms with E-state index in [0.29, 0.717) is 28.4 Å². The van der Waals surface area contributed by atoms with Gasteiger partial charge in [-0.2, -0.15) is 5.26 Å². The van der Waals surface area contributed by atoms with Crippen molar-refractivity contribution < 1.29 is 18.6 Å². The first-order valence-corrected chi connectivity index (χ1v) is 6.22. The molecule has 0 saturated heterocycles. The number of rotatable bonds is 5. The molecule has 0 unspecified atom stereocenters. The molecule has 21 heavy (non-hydrogen) atoms. The van der Waals surface area contributed by atoms with Gasteiger partial charge in [0.25, 0.3) is 0 Å². The van der Waals surface area contributed by atoms with E-state index in [1.807, 2.05) is 6.07 Å². The van der Waals surface area contributed by atoms with Crippen LogP contribution < -0.4 is 14.2 Å². The number of hydrogen-bond donors (Lipinski definition) is 0. The molecule has 0 bridgehead atoms. The predicted octanol–water partition coefficient (Wildman–Crippen LogP) is 3.29. The van der Waals surface area contributed by atoms with Crippen LogP contribution in [0.5, 0.6) is 17.2 Å². The molecule has 4 nitrogen and oxygen atoms in total. The number of nitrogens with zero attached hydrogens (tertiary/aromatic N) is 1. The minimum Gasteiger partial charge on any atom is -0.493 e. The average Bonchev–Trinajstić information content (AvgIpc) is 2.53. The monoisotopic (exact) mass is 287 g/mol. The molecule has 2 aromatic carbocycles. The Morgan fingerprint density at radius 3 is 2.33 bits per heavy atom. The van der Waals surface area contributed by atoms with Crippen LogP contribution in [0.25, 0.3) is 0 Å². The van der Waals surface area contributed by atoms with Gasteiger partial charge < -0.3 is 14.2 Å². The lowest BCUT2D eigenvalue weighted by Crippen LogP contribution is -2.02. The van der Waals surface area contributed by atoms with Crippen LogP contribution in [0.1, 0.15) is 11.1 Å². The van der Waals surface area contributed by atoms with Gasteiger partial charge >= 0.3 is 0 Å². The standard InChI is InChI=1S/C16H14FNO3/c1-19-14-4-3-5-15(20-2)16(14)21-10-12-8-11(9-18)6-7-13(12)17/h3-8H,10H2,1-2H3. The maximum atomic E-state index is 13.7. The maximum Gasteiger partial charge on any atom is 0.203 e. The van der Waals surface area contributed by atoms with E-state index >= 15 is 0 Å². The molecule has 0 atom stereocenters. The summed E-state index contributed by atoms with van der Waals surface area (Å²) in [5.41, 5.74) is 0.670. The number of para-hydroxylation sites is 1. The molecule has 0 saturated carbocycles. The fourth-order valence-electron chi connectivity index (χ4n) is 1.86. The summed E-state index contributed by atoms with van der Waals surface area (Å²) in [5, 5.41) is 8.85. The summed E-state index contributed by atoms with van der Waals surface area (Å²) in [6, 6.07) is 11.3. The summed E-state index contributed by atoms with van der Waals surface area (Å²) < 4.78 is 29.7. The zero-order chi connectivity index (χ0) is 15.2. The summed E-state index contributed by atoms with van der Waals surface area (Å²) in [7, 11) is 3.02. The van der Waals surface area contributed by atoms with Gasteiger partial charge in [-0.25, -0.2) is 4.39 Å². The largest absolute Gasteiger partial charge is 0.493 e. The van der Waals surface area contributed by atoms with E-state index in [1.165, 1.54) is 32.4 Å². The summed E-state index contributed by atoms with van der Waals surface area (Å²) >= 11 is 0. The maximum absolute atomic E-state index is 13.7. The number of benzene rings is 2. The molecule has 0 heterocycles. The molecule has 0 spiro atoms. The zero-order valence-corrected chi connectivity index (χ0v) is 11.7. The second-order valence-corrected chi connectivity index (χ2v) is 4.20. The molecular weight excluding hydrogens is 273 g/mol. The van der Waals surface area contributed by atoms with Crippen LogP contribution in [0.15, 0.2) is 36.4 Å². The van der Waals surface area contributed by atoms with Crippen LogP contribution in [0.2, 0.25) is 0 Å². The van der Waals surface area contributed by atoms with E-state index < -0.39 is 5.82 Å². The van der Waals surface area contributed by atoms with Crippen LogP contribution >= 0.6 is 0 Å². The Morgan fingerprint density at radius 1 is 1.10 bits per heavy atom. The SMILES string of the molecule is COc1cccc(OC)c1OCc1cc(C#N)ccc1F. The molecule has 108 valence electrons. The Kier molecular flexibility index (Phi) is 4.62. The van der Waals surface area contributed by atoms with Gasteiger partial charge in [-0.1, -0.05) is 6.07 Å². The topological polar surface area (TPSA) is 51.5 Å². The van der Waals surface area contributed by atoms with E-state index in [0.717, 1.165) is 0 Å². The Hall–Kier alpha value is -2.74. The number of hydrogen-bond acceptors (Lipinski definition) is 4. The minimum atomic E-state index is -0.428. The third-order valence-corrected chi connectivity index (χ3v) is 2.93. The van der Waals surface area contributed by atoms with E-state index in [1.54, 1.807) is 18.2 Å². The van der Waals surface area contributed by atoms with Gasteiger partial charge in [0, 0.05) is 5.56 Å². The zero-order valence-electron chi connectivity index (χ0n) is 11.7. The third-order valence-electron chi connectivity index (χ3n) is 2.93. The van der Waals surface area contributed by atoms with Crippen molar-refractivity contribution in [1.82, 2.24) is 0 Å². The average molecular weight is 287 g/mol. The van der Waals surface area contributed by atoms with Gasteiger partial charge in [-0.05, 0) is 30.3 Å². The van der Waals surface area contributed by atoms with Gasteiger partial charge in [0.05, 0.1) is 25.9 Å². The van der Waals surface area contributed by atoms with Crippen molar-refractivity contribution in [1.29, 1.82) is 5.26 Å². The van der Waals surface area contributed by atoms with Gasteiger partial charge in [-0.3, -0.25) is 0 Å². The smallest absolute Gasteiger partial charge is 0.203 e. The van der Waals surface area contributed by atoms with Crippen LogP contribution in [0, 0.1) is 17.1 Å². The lowest BCUT2D eigenvalue weighted by atomic mass is 10.1. The molecule has 2 rings (SSSR count). The van der Waals surface area contributed by atoms with Gasteiger partial charge in [-0.15, -0.1) is 0 Å². The number of halogens is 1. The number of ether oxygens (including phenoxy) is 3. The van der Waals surface area contributed by atoms with E-state index in [9.17, 15) is 4.39 Å². The van der Waals surface area contributed by atoms with Crippen molar-refractivity contribution in [2.75, 3.05) is 14.2 Å². The lowest BCUT2D eigenvalue weighted by Gasteiger charge is -2.14. The summed E-state index contributed by atoms with van der Waals surface area (Å²) in [6.45, 7) is -0.0297. The van der Waals surface area contributed by atoms with Crippen molar-refractivity contribution in [2.45, 2.75) is 6.61 Å². The van der Waals surface area contributed by atoms with Crippen LogP contribution in [-0.4, -0.2) is 14.2 Å². The predicted molar refractivity (Wildman–Crippen MR) is 75.0 cm³/mol. The highest BCUT2D eigenvalue weighted by molar-refractivity contribution is 5.51. The van der Waals surface area contributed by atoms with Crippen LogP contribution in [-0.2, 0) is 6.61 Å². The molecule has 0 aliphatic rings. The fourth-order valence-corrected chi connectivity index (χ4v) is 1.86. The molecule has 0 fully saturated rings. The Labute approximate surface area is 122 Å². The molecule has 0 amide bonds. The van der Waals surface area contributed by atoms with Crippen molar-refractivity contribution >= 4 is 0 Å². The Balaban J connectivity index is 2.26. The first-order valence-electron chi connectivity index (χ1n) is 6.22. The summed E-state index contributed by atoms with van der Waals surface area (Å²) in [4.78, 5) is 0. The van der Waals surface area contributed by atoms with Gasteiger partial charge in [0.2, 0.25) is 5.75 Å². The third kappa shape index (κ3) is 3.23. The molecular formula is C16H14FNO3. The van der Waals surface area contributed by atoms with Crippen molar-refractivity contribution in [3.63, 3.8) is 0 Å². The molecule has 0 radical (unpaired) electrons. The quantitative estimate of drug-likeness (QED) is 0.846. The highest BCUT2D eigenvalue weighted by Gasteiger charge is 2.13. The van der Waals surface area contributed by atoms with E-state index in [2.05, 4.69) is 0 Å². The highest BCUT2D eigenvalue weighted by Crippen LogP contribution is 2.37. The molecule has 0 aliphatic heterocycles. The number of methoxy groups -OCH3 is 2. The molecule has 0 aliphatic carbocycles. The van der Waals surface area contributed by atoms with Crippen LogP contribution in [0.3, 0.4) is 0 Å². The fraction of sp³-hybridized carbons (Fsp3) is 0.188. The summed E-state index contributed by atoms with van der Waals surface area (Å²) in [6.07, 6.45) is 0. The summed E-state index contributed by atoms with van der Waals surface area (Å²) in [5.74, 6) is 0.949. The second-order valence-electron chi connectivity index (χ2n) is 4.20. The second kappa shape index (κ2) is 6.62. The minimum absolute atomic E-state index is 0.0297. The Morgan fingerprint density at radius 2 is 1.76 bits per heavy atom. The first kappa shape index (κ1) is 14.7. The molecule has 5 heteroatoms. The van der Waals surface area contributed by atoms with Crippen LogP contribution in [0.4, 0.5) is 4.39 Å². The molecule has 2 aromatic rings. The van der Waals surface area contributed by atoms with Crippen molar-refractivity contribution in [3.05, 3.63) is 53.3 Å². The Bertz CT molecular complexity index is 657. The molecule has 0 aromatic heterocycles. The van der Waals surface area contributed by atoms with E-state index in [-0.39, 0.29) is 6.61 Å². The van der Waals surface area contributed by atoms with Crippen molar-refractivity contribution in [2.24, 2.45) is 0 Å². The first-order chi connectivity index (χ1) is 10.2.